The normalized spacial score (nSPS) is 15.2. The maximum atomic E-state index is 15.0. The van der Waals surface area contributed by atoms with Crippen LogP contribution in [0.4, 0.5) is 18.9 Å². The molecule has 0 radical (unpaired) electrons. The number of likely N-dealkylation sites (N-methyl/N-ethyl adjacent to an activating group) is 1. The minimum absolute atomic E-state index is 0.0614. The molecule has 224 valence electrons. The summed E-state index contributed by atoms with van der Waals surface area (Å²) in [7, 11) is 1.95. The molecule has 0 aliphatic carbocycles. The Morgan fingerprint density at radius 3 is 2.36 bits per heavy atom. The summed E-state index contributed by atoms with van der Waals surface area (Å²) in [4.78, 5) is 53.7. The number of rotatable bonds is 10. The molecule has 0 saturated carbocycles. The molecule has 0 spiro atoms. The molecule has 2 atom stereocenters. The second-order valence-electron chi connectivity index (χ2n) is 10.1. The van der Waals surface area contributed by atoms with Crippen LogP contribution in [0.25, 0.3) is 0 Å². The van der Waals surface area contributed by atoms with Crippen molar-refractivity contribution in [2.75, 3.05) is 45.1 Å². The highest BCUT2D eigenvalue weighted by molar-refractivity contribution is 5.96. The van der Waals surface area contributed by atoms with Crippen molar-refractivity contribution in [3.05, 3.63) is 65.0 Å². The zero-order valence-electron chi connectivity index (χ0n) is 23.5. The highest BCUT2D eigenvalue weighted by atomic mass is 19.3. The van der Waals surface area contributed by atoms with Gasteiger partial charge in [-0.05, 0) is 36.9 Å². The fourth-order valence-electron chi connectivity index (χ4n) is 4.39. The summed E-state index contributed by atoms with van der Waals surface area (Å²) in [5, 5.41) is 15.7. The Kier molecular flexibility index (Phi) is 10.7. The van der Waals surface area contributed by atoms with E-state index in [1.54, 1.807) is 24.8 Å². The summed E-state index contributed by atoms with van der Waals surface area (Å²) in [6.45, 7) is 4.83. The molecule has 3 N–H and O–H groups in total. The molecule has 2 aromatic carbocycles. The quantitative estimate of drug-likeness (QED) is 0.391. The highest BCUT2D eigenvalue weighted by Crippen LogP contribution is 2.29. The molecule has 1 heterocycles. The van der Waals surface area contributed by atoms with E-state index < -0.39 is 47.6 Å². The maximum Gasteiger partial charge on any atom is 0.349 e. The lowest BCUT2D eigenvalue weighted by atomic mass is 9.91. The van der Waals surface area contributed by atoms with Crippen LogP contribution in [0.1, 0.15) is 42.9 Å². The van der Waals surface area contributed by atoms with Gasteiger partial charge in [-0.15, -0.1) is 0 Å². The third-order valence-corrected chi connectivity index (χ3v) is 7.06. The van der Waals surface area contributed by atoms with Crippen LogP contribution in [0.5, 0.6) is 0 Å². The van der Waals surface area contributed by atoms with Crippen molar-refractivity contribution in [1.29, 1.82) is 5.26 Å². The number of nitrogens with one attached hydrogen (secondary N) is 3. The van der Waals surface area contributed by atoms with E-state index in [0.717, 1.165) is 18.2 Å². The zero-order chi connectivity index (χ0) is 31.0. The Bertz CT molecular complexity index is 1370. The number of piperazine rings is 1. The molecule has 13 heteroatoms. The van der Waals surface area contributed by atoms with Crippen LogP contribution in [-0.4, -0.2) is 79.2 Å². The first-order chi connectivity index (χ1) is 19.9. The summed E-state index contributed by atoms with van der Waals surface area (Å²) in [6, 6.07) is 8.99. The van der Waals surface area contributed by atoms with Gasteiger partial charge in [0.2, 0.25) is 17.7 Å². The Morgan fingerprint density at radius 2 is 1.74 bits per heavy atom. The van der Waals surface area contributed by atoms with Crippen molar-refractivity contribution in [2.24, 2.45) is 0 Å². The highest BCUT2D eigenvalue weighted by Gasteiger charge is 2.41. The average Bonchev–Trinajstić information content (AvgIpc) is 2.99. The third-order valence-electron chi connectivity index (χ3n) is 7.06. The number of hydrogen-bond donors (Lipinski definition) is 3. The molecule has 4 amide bonds. The molecule has 3 rings (SSSR count). The molecule has 1 saturated heterocycles. The van der Waals surface area contributed by atoms with Crippen LogP contribution in [0.2, 0.25) is 0 Å². The summed E-state index contributed by atoms with van der Waals surface area (Å²) in [6.07, 6.45) is 0.160. The van der Waals surface area contributed by atoms with Crippen molar-refractivity contribution in [3.8, 4) is 6.07 Å². The number of carbonyl (C=O) groups is 4. The van der Waals surface area contributed by atoms with Gasteiger partial charge >= 0.3 is 5.92 Å². The largest absolute Gasteiger partial charge is 0.349 e. The third kappa shape index (κ3) is 7.85. The monoisotopic (exact) mass is 586 g/mol. The summed E-state index contributed by atoms with van der Waals surface area (Å²) in [5.41, 5.74) is -0.649. The second kappa shape index (κ2) is 14.0. The lowest BCUT2D eigenvalue weighted by molar-refractivity contribution is -0.147. The van der Waals surface area contributed by atoms with E-state index in [1.165, 1.54) is 24.3 Å². The van der Waals surface area contributed by atoms with E-state index in [-0.39, 0.29) is 29.5 Å². The van der Waals surface area contributed by atoms with Crippen molar-refractivity contribution in [2.45, 2.75) is 38.2 Å². The molecule has 42 heavy (non-hydrogen) atoms. The number of nitrogens with zero attached hydrogens (tertiary/aromatic N) is 3. The van der Waals surface area contributed by atoms with Crippen LogP contribution in [0.3, 0.4) is 0 Å². The van der Waals surface area contributed by atoms with E-state index in [4.69, 9.17) is 5.26 Å². The standard InChI is InChI=1S/C29H33F3N6O4/c1-4-24(39)36-26(27(41)38-12-10-37(3)11-13-38)18(2)20-8-9-23(22(30)15-20)35-25(40)17-34-28(42)29(31,32)21-7-5-6-19(14-21)16-33/h5-9,14-15,18,26H,4,10-13,17H2,1-3H3,(H,34,42)(H,35,40)(H,36,39)/t18-,26+/m0/s1. The number of benzene rings is 2. The van der Waals surface area contributed by atoms with Gasteiger partial charge < -0.3 is 25.8 Å². The van der Waals surface area contributed by atoms with Gasteiger partial charge in [0.25, 0.3) is 5.91 Å². The van der Waals surface area contributed by atoms with Gasteiger partial charge in [0.1, 0.15) is 11.9 Å². The van der Waals surface area contributed by atoms with E-state index in [2.05, 4.69) is 15.5 Å². The predicted molar refractivity (Wildman–Crippen MR) is 148 cm³/mol. The lowest BCUT2D eigenvalue weighted by Crippen LogP contribution is -2.55. The predicted octanol–water partition coefficient (Wildman–Crippen LogP) is 2.32. The smallest absolute Gasteiger partial charge is 0.344 e. The second-order valence-corrected chi connectivity index (χ2v) is 10.1. The lowest BCUT2D eigenvalue weighted by Gasteiger charge is -2.36. The number of halogens is 3. The fraction of sp³-hybridized carbons (Fsp3) is 0.414. The van der Waals surface area contributed by atoms with Gasteiger partial charge in [0.05, 0.1) is 23.9 Å². The van der Waals surface area contributed by atoms with E-state index >= 15 is 4.39 Å². The topological polar surface area (TPSA) is 135 Å². The molecule has 0 bridgehead atoms. The molecule has 1 fully saturated rings. The molecule has 1 aliphatic rings. The van der Waals surface area contributed by atoms with E-state index in [0.29, 0.717) is 31.7 Å². The number of amides is 4. The SMILES string of the molecule is CCC(=O)N[C@@H](C(=O)N1CCN(C)CC1)[C@@H](C)c1ccc(NC(=O)CNC(=O)C(F)(F)c2cccc(C#N)c2)c(F)c1. The zero-order valence-corrected chi connectivity index (χ0v) is 23.5. The number of hydrogen-bond acceptors (Lipinski definition) is 6. The van der Waals surface area contributed by atoms with Gasteiger partial charge in [0.15, 0.2) is 0 Å². The summed E-state index contributed by atoms with van der Waals surface area (Å²) < 4.78 is 44.0. The first-order valence-electron chi connectivity index (χ1n) is 13.4. The van der Waals surface area contributed by atoms with Crippen LogP contribution >= 0.6 is 0 Å². The van der Waals surface area contributed by atoms with Crippen molar-refractivity contribution >= 4 is 29.3 Å². The van der Waals surface area contributed by atoms with Gasteiger partial charge in [-0.2, -0.15) is 14.0 Å². The van der Waals surface area contributed by atoms with Crippen LogP contribution in [0, 0.1) is 17.1 Å². The number of alkyl halides is 2. The van der Waals surface area contributed by atoms with Gasteiger partial charge in [0, 0.05) is 44.1 Å². The van der Waals surface area contributed by atoms with Crippen LogP contribution in [-0.2, 0) is 25.1 Å². The summed E-state index contributed by atoms with van der Waals surface area (Å²) in [5.74, 6) is -8.81. The van der Waals surface area contributed by atoms with Crippen LogP contribution < -0.4 is 16.0 Å². The average molecular weight is 587 g/mol. The first-order valence-corrected chi connectivity index (χ1v) is 13.4. The molecule has 0 unspecified atom stereocenters. The Labute approximate surface area is 241 Å². The molecule has 1 aliphatic heterocycles. The number of nitriles is 1. The first kappa shape index (κ1) is 32.1. The van der Waals surface area contributed by atoms with Crippen molar-refractivity contribution in [1.82, 2.24) is 20.4 Å². The molecular weight excluding hydrogens is 553 g/mol. The molecule has 0 aromatic heterocycles. The van der Waals surface area contributed by atoms with Crippen molar-refractivity contribution < 1.29 is 32.3 Å². The minimum atomic E-state index is -4.01. The Hall–Kier alpha value is -4.44. The van der Waals surface area contributed by atoms with E-state index in [1.807, 2.05) is 12.4 Å². The Balaban J connectivity index is 1.66. The van der Waals surface area contributed by atoms with Gasteiger partial charge in [-0.25, -0.2) is 4.39 Å². The Morgan fingerprint density at radius 1 is 1.05 bits per heavy atom. The number of carbonyl (C=O) groups excluding carboxylic acids is 4. The van der Waals surface area contributed by atoms with Crippen LogP contribution in [0.15, 0.2) is 42.5 Å². The molecule has 10 nitrogen and oxygen atoms in total. The molecule has 2 aromatic rings. The van der Waals surface area contributed by atoms with Gasteiger partial charge in [-0.3, -0.25) is 19.2 Å². The fourth-order valence-corrected chi connectivity index (χ4v) is 4.39. The van der Waals surface area contributed by atoms with Gasteiger partial charge in [-0.1, -0.05) is 32.0 Å². The molecular formula is C29H33F3N6O4. The van der Waals surface area contributed by atoms with Crippen molar-refractivity contribution in [3.63, 3.8) is 0 Å². The van der Waals surface area contributed by atoms with E-state index in [9.17, 15) is 28.0 Å². The minimum Gasteiger partial charge on any atom is -0.344 e. The maximum absolute atomic E-state index is 15.0. The number of anilines is 1. The summed E-state index contributed by atoms with van der Waals surface area (Å²) >= 11 is 0.